The summed E-state index contributed by atoms with van der Waals surface area (Å²) in [6, 6.07) is 20.1. The molecule has 0 aliphatic carbocycles. The molecule has 0 amide bonds. The molecule has 1 aliphatic heterocycles. The smallest absolute Gasteiger partial charge is 0.281 e. The maximum absolute atomic E-state index is 13.0. The van der Waals surface area contributed by atoms with Crippen LogP contribution in [0.3, 0.4) is 0 Å². The maximum atomic E-state index is 13.0. The van der Waals surface area contributed by atoms with Gasteiger partial charge < -0.3 is 5.84 Å². The number of aromatic nitrogens is 2. The van der Waals surface area contributed by atoms with Crippen molar-refractivity contribution in [3.8, 4) is 11.4 Å². The molecule has 0 saturated carbocycles. The number of nitrogens with two attached hydrogens (primary N) is 1. The van der Waals surface area contributed by atoms with Crippen LogP contribution >= 0.6 is 11.3 Å². The molecule has 0 spiro atoms. The molecular weight excluding hydrogens is 368 g/mol. The van der Waals surface area contributed by atoms with Crippen LogP contribution in [0, 0.1) is 0 Å². The molecule has 0 unspecified atom stereocenters. The minimum absolute atomic E-state index is 0.155. The SMILES string of the molecule is Nn1c(-c2ccccc2)nc2sc3c(c2c1=O)CCN(Cc1ccccc1)C3. The van der Waals surface area contributed by atoms with Crippen molar-refractivity contribution in [1.29, 1.82) is 0 Å². The van der Waals surface area contributed by atoms with Gasteiger partial charge in [-0.1, -0.05) is 60.7 Å². The molecule has 0 atom stereocenters. The second-order valence-electron chi connectivity index (χ2n) is 7.11. The molecule has 2 aromatic carbocycles. The molecule has 0 radical (unpaired) electrons. The van der Waals surface area contributed by atoms with E-state index in [1.165, 1.54) is 15.1 Å². The van der Waals surface area contributed by atoms with Gasteiger partial charge in [-0.05, 0) is 17.5 Å². The predicted octanol–water partition coefficient (Wildman–Crippen LogP) is 3.40. The predicted molar refractivity (Wildman–Crippen MR) is 114 cm³/mol. The first kappa shape index (κ1) is 17.2. The summed E-state index contributed by atoms with van der Waals surface area (Å²) in [7, 11) is 0. The Bertz CT molecular complexity index is 1200. The Morgan fingerprint density at radius 2 is 1.75 bits per heavy atom. The zero-order valence-corrected chi connectivity index (χ0v) is 16.2. The Morgan fingerprint density at radius 3 is 2.50 bits per heavy atom. The van der Waals surface area contributed by atoms with E-state index in [0.717, 1.165) is 42.0 Å². The molecule has 28 heavy (non-hydrogen) atoms. The number of nitrogen functional groups attached to an aromatic ring is 1. The Balaban J connectivity index is 1.54. The number of hydrogen-bond donors (Lipinski definition) is 1. The van der Waals surface area contributed by atoms with Gasteiger partial charge in [-0.2, -0.15) is 0 Å². The van der Waals surface area contributed by atoms with Gasteiger partial charge >= 0.3 is 0 Å². The van der Waals surface area contributed by atoms with Crippen molar-refractivity contribution >= 4 is 21.6 Å². The molecule has 4 aromatic rings. The lowest BCUT2D eigenvalue weighted by Gasteiger charge is -2.26. The fourth-order valence-electron chi connectivity index (χ4n) is 3.88. The van der Waals surface area contributed by atoms with E-state index >= 15 is 0 Å². The average Bonchev–Trinajstić information content (AvgIpc) is 3.10. The van der Waals surface area contributed by atoms with Crippen LogP contribution in [-0.4, -0.2) is 21.1 Å². The standard InChI is InChI=1S/C22H20N4OS/c23-26-20(16-9-5-2-6-10-16)24-21-19(22(26)27)17-11-12-25(14-18(17)28-21)13-15-7-3-1-4-8-15/h1-10H,11-14,23H2. The van der Waals surface area contributed by atoms with Crippen LogP contribution in [-0.2, 0) is 19.5 Å². The zero-order chi connectivity index (χ0) is 19.1. The van der Waals surface area contributed by atoms with E-state index in [4.69, 9.17) is 10.8 Å². The lowest BCUT2D eigenvalue weighted by Crippen LogP contribution is -2.32. The summed E-state index contributed by atoms with van der Waals surface area (Å²) >= 11 is 1.62. The first-order valence-corrected chi connectivity index (χ1v) is 10.2. The number of benzene rings is 2. The van der Waals surface area contributed by atoms with Gasteiger partial charge in [-0.15, -0.1) is 11.3 Å². The van der Waals surface area contributed by atoms with Gasteiger partial charge in [-0.3, -0.25) is 9.69 Å². The highest BCUT2D eigenvalue weighted by Gasteiger charge is 2.25. The van der Waals surface area contributed by atoms with Crippen molar-refractivity contribution in [3.05, 3.63) is 87.0 Å². The maximum Gasteiger partial charge on any atom is 0.281 e. The summed E-state index contributed by atoms with van der Waals surface area (Å²) in [6.45, 7) is 2.69. The molecule has 0 saturated heterocycles. The second-order valence-corrected chi connectivity index (χ2v) is 8.19. The monoisotopic (exact) mass is 388 g/mol. The normalized spacial score (nSPS) is 14.3. The molecular formula is C22H20N4OS. The topological polar surface area (TPSA) is 64.2 Å². The number of fused-ring (bicyclic) bond motifs is 3. The minimum atomic E-state index is -0.155. The zero-order valence-electron chi connectivity index (χ0n) is 15.3. The Hall–Kier alpha value is -2.96. The first-order chi connectivity index (χ1) is 13.7. The Morgan fingerprint density at radius 1 is 1.04 bits per heavy atom. The van der Waals surface area contributed by atoms with Crippen LogP contribution in [0.2, 0.25) is 0 Å². The van der Waals surface area contributed by atoms with Gasteiger partial charge in [0.25, 0.3) is 5.56 Å². The molecule has 0 bridgehead atoms. The van der Waals surface area contributed by atoms with Crippen LogP contribution in [0.1, 0.15) is 16.0 Å². The van der Waals surface area contributed by atoms with E-state index < -0.39 is 0 Å². The van der Waals surface area contributed by atoms with Crippen LogP contribution in [0.25, 0.3) is 21.6 Å². The number of thiophene rings is 1. The summed E-state index contributed by atoms with van der Waals surface area (Å²) in [6.07, 6.45) is 0.851. The van der Waals surface area contributed by atoms with Crippen LogP contribution < -0.4 is 11.4 Å². The van der Waals surface area contributed by atoms with Crippen molar-refractivity contribution in [2.24, 2.45) is 0 Å². The summed E-state index contributed by atoms with van der Waals surface area (Å²) in [4.78, 5) is 22.2. The van der Waals surface area contributed by atoms with E-state index in [0.29, 0.717) is 11.2 Å². The highest BCUT2D eigenvalue weighted by atomic mass is 32.1. The molecule has 1 aliphatic rings. The van der Waals surface area contributed by atoms with E-state index in [-0.39, 0.29) is 5.56 Å². The lowest BCUT2D eigenvalue weighted by atomic mass is 10.0. The van der Waals surface area contributed by atoms with E-state index in [1.54, 1.807) is 11.3 Å². The van der Waals surface area contributed by atoms with Gasteiger partial charge in [-0.25, -0.2) is 9.66 Å². The van der Waals surface area contributed by atoms with Crippen molar-refractivity contribution in [2.75, 3.05) is 12.4 Å². The van der Waals surface area contributed by atoms with E-state index in [9.17, 15) is 4.79 Å². The van der Waals surface area contributed by atoms with Gasteiger partial charge in [0.1, 0.15) is 4.83 Å². The highest BCUT2D eigenvalue weighted by molar-refractivity contribution is 7.18. The molecule has 5 rings (SSSR count). The first-order valence-electron chi connectivity index (χ1n) is 9.35. The van der Waals surface area contributed by atoms with Crippen molar-refractivity contribution < 1.29 is 0 Å². The third-order valence-electron chi connectivity index (χ3n) is 5.27. The quantitative estimate of drug-likeness (QED) is 0.547. The number of hydrogen-bond acceptors (Lipinski definition) is 5. The molecule has 3 heterocycles. The minimum Gasteiger partial charge on any atom is -0.334 e. The number of nitrogens with zero attached hydrogens (tertiary/aromatic N) is 3. The van der Waals surface area contributed by atoms with Gasteiger partial charge in [0.2, 0.25) is 0 Å². The van der Waals surface area contributed by atoms with Gasteiger partial charge in [0.15, 0.2) is 5.82 Å². The van der Waals surface area contributed by atoms with Crippen molar-refractivity contribution in [3.63, 3.8) is 0 Å². The van der Waals surface area contributed by atoms with Gasteiger partial charge in [0, 0.05) is 30.1 Å². The summed E-state index contributed by atoms with van der Waals surface area (Å²) in [5.41, 5.74) is 3.13. The molecule has 5 nitrogen and oxygen atoms in total. The molecule has 2 aromatic heterocycles. The molecule has 140 valence electrons. The van der Waals surface area contributed by atoms with E-state index in [1.807, 2.05) is 36.4 Å². The van der Waals surface area contributed by atoms with Crippen LogP contribution in [0.15, 0.2) is 65.5 Å². The Kier molecular flexibility index (Phi) is 4.22. The molecule has 0 fully saturated rings. The average molecular weight is 388 g/mol. The molecule has 6 heteroatoms. The Labute approximate surface area is 166 Å². The fourth-order valence-corrected chi connectivity index (χ4v) is 5.13. The summed E-state index contributed by atoms with van der Waals surface area (Å²) < 4.78 is 1.20. The van der Waals surface area contributed by atoms with E-state index in [2.05, 4.69) is 29.2 Å². The largest absolute Gasteiger partial charge is 0.334 e. The highest BCUT2D eigenvalue weighted by Crippen LogP contribution is 2.33. The third-order valence-corrected chi connectivity index (χ3v) is 6.38. The number of rotatable bonds is 3. The van der Waals surface area contributed by atoms with Crippen molar-refractivity contribution in [2.45, 2.75) is 19.5 Å². The van der Waals surface area contributed by atoms with Gasteiger partial charge in [0.05, 0.1) is 5.39 Å². The lowest BCUT2D eigenvalue weighted by molar-refractivity contribution is 0.249. The fraction of sp³-hybridized carbons (Fsp3) is 0.182. The van der Waals surface area contributed by atoms with Crippen LogP contribution in [0.5, 0.6) is 0 Å². The second kappa shape index (κ2) is 6.89. The third kappa shape index (κ3) is 2.91. The summed E-state index contributed by atoms with van der Waals surface area (Å²) in [5, 5.41) is 0.696. The molecule has 2 N–H and O–H groups in total. The summed E-state index contributed by atoms with van der Waals surface area (Å²) in [5.74, 6) is 6.65. The van der Waals surface area contributed by atoms with Crippen LogP contribution in [0.4, 0.5) is 0 Å². The van der Waals surface area contributed by atoms with Crippen molar-refractivity contribution in [1.82, 2.24) is 14.6 Å².